The van der Waals surface area contributed by atoms with Crippen molar-refractivity contribution < 1.29 is 4.42 Å². The van der Waals surface area contributed by atoms with Gasteiger partial charge < -0.3 is 14.2 Å². The summed E-state index contributed by atoms with van der Waals surface area (Å²) in [4.78, 5) is 4.46. The van der Waals surface area contributed by atoms with Crippen molar-refractivity contribution in [1.82, 2.24) is 4.90 Å². The van der Waals surface area contributed by atoms with Gasteiger partial charge in [-0.3, -0.25) is 0 Å². The summed E-state index contributed by atoms with van der Waals surface area (Å²) in [6, 6.07) is 14.5. The molecule has 0 saturated heterocycles. The average Bonchev–Trinajstić information content (AvgIpc) is 2.99. The molecule has 0 unspecified atom stereocenters. The summed E-state index contributed by atoms with van der Waals surface area (Å²) in [7, 11) is 2.10. The zero-order chi connectivity index (χ0) is 13.7. The number of fused-ring (bicyclic) bond motifs is 3. The number of furan rings is 1. The summed E-state index contributed by atoms with van der Waals surface area (Å²) in [6.07, 6.45) is 2.17. The van der Waals surface area contributed by atoms with Crippen molar-refractivity contribution in [3.63, 3.8) is 0 Å². The molecule has 0 fully saturated rings. The molecule has 0 saturated carbocycles. The fourth-order valence-electron chi connectivity index (χ4n) is 2.81. The van der Waals surface area contributed by atoms with Gasteiger partial charge in [-0.15, -0.1) is 0 Å². The van der Waals surface area contributed by atoms with Crippen molar-refractivity contribution in [2.24, 2.45) is 0 Å². The van der Waals surface area contributed by atoms with Crippen LogP contribution in [0.25, 0.3) is 21.9 Å². The Hall–Kier alpha value is -2.42. The standard InChI is InChI=1S/C17H16N2O/c1-12-10-19(11-18(12)2)15-8-5-7-14-13-6-3-4-9-16(13)20-17(14)15/h3-10H,11H2,1-2H3. The Balaban J connectivity index is 1.97. The maximum atomic E-state index is 6.08. The van der Waals surface area contributed by atoms with Crippen molar-refractivity contribution in [3.05, 3.63) is 54.4 Å². The molecule has 2 heterocycles. The quantitative estimate of drug-likeness (QED) is 0.658. The van der Waals surface area contributed by atoms with E-state index in [1.165, 1.54) is 16.5 Å². The second-order valence-electron chi connectivity index (χ2n) is 5.33. The van der Waals surface area contributed by atoms with Crippen LogP contribution in [0.4, 0.5) is 5.69 Å². The number of anilines is 1. The molecular weight excluding hydrogens is 248 g/mol. The number of para-hydroxylation sites is 2. The molecule has 1 aromatic heterocycles. The van der Waals surface area contributed by atoms with Gasteiger partial charge in [-0.2, -0.15) is 0 Å². The van der Waals surface area contributed by atoms with Gasteiger partial charge in [-0.1, -0.05) is 30.3 Å². The second kappa shape index (κ2) is 4.04. The fraction of sp³-hybridized carbons (Fsp3) is 0.176. The largest absolute Gasteiger partial charge is 0.454 e. The molecule has 3 heteroatoms. The van der Waals surface area contributed by atoms with E-state index in [9.17, 15) is 0 Å². The first-order valence-electron chi connectivity index (χ1n) is 6.80. The highest BCUT2D eigenvalue weighted by Gasteiger charge is 2.19. The van der Waals surface area contributed by atoms with Crippen molar-refractivity contribution in [1.29, 1.82) is 0 Å². The van der Waals surface area contributed by atoms with E-state index in [2.05, 4.69) is 60.3 Å². The molecule has 20 heavy (non-hydrogen) atoms. The molecule has 1 aliphatic heterocycles. The molecular formula is C17H16N2O. The maximum Gasteiger partial charge on any atom is 0.159 e. The van der Waals surface area contributed by atoms with Crippen molar-refractivity contribution in [2.75, 3.05) is 18.6 Å². The van der Waals surface area contributed by atoms with Crippen molar-refractivity contribution in [3.8, 4) is 0 Å². The Bertz CT molecular complexity index is 831. The van der Waals surface area contributed by atoms with Crippen LogP contribution in [0, 0.1) is 0 Å². The lowest BCUT2D eigenvalue weighted by Gasteiger charge is -2.18. The van der Waals surface area contributed by atoms with Crippen LogP contribution in [-0.4, -0.2) is 18.6 Å². The monoisotopic (exact) mass is 264 g/mol. The minimum atomic E-state index is 0.863. The molecule has 0 atom stereocenters. The molecule has 0 radical (unpaired) electrons. The van der Waals surface area contributed by atoms with E-state index in [1.807, 2.05) is 12.1 Å². The number of rotatable bonds is 1. The van der Waals surface area contributed by atoms with Crippen LogP contribution in [0.5, 0.6) is 0 Å². The van der Waals surface area contributed by atoms with Crippen LogP contribution in [0.2, 0.25) is 0 Å². The van der Waals surface area contributed by atoms with E-state index in [-0.39, 0.29) is 0 Å². The molecule has 0 bridgehead atoms. The third-order valence-electron chi connectivity index (χ3n) is 4.00. The smallest absolute Gasteiger partial charge is 0.159 e. The normalized spacial score (nSPS) is 15.4. The summed E-state index contributed by atoms with van der Waals surface area (Å²) < 4.78 is 6.08. The zero-order valence-electron chi connectivity index (χ0n) is 11.6. The van der Waals surface area contributed by atoms with Gasteiger partial charge >= 0.3 is 0 Å². The fourth-order valence-corrected chi connectivity index (χ4v) is 2.81. The third-order valence-corrected chi connectivity index (χ3v) is 4.00. The Kier molecular flexibility index (Phi) is 2.30. The lowest BCUT2D eigenvalue weighted by molar-refractivity contribution is 0.459. The van der Waals surface area contributed by atoms with E-state index in [4.69, 9.17) is 4.42 Å². The molecule has 0 amide bonds. The lowest BCUT2D eigenvalue weighted by Crippen LogP contribution is -2.22. The number of hydrogen-bond donors (Lipinski definition) is 0. The minimum absolute atomic E-state index is 0.863. The van der Waals surface area contributed by atoms with E-state index in [0.717, 1.165) is 23.5 Å². The topological polar surface area (TPSA) is 19.6 Å². The predicted molar refractivity (Wildman–Crippen MR) is 82.6 cm³/mol. The van der Waals surface area contributed by atoms with Crippen LogP contribution in [-0.2, 0) is 0 Å². The minimum Gasteiger partial charge on any atom is -0.454 e. The summed E-state index contributed by atoms with van der Waals surface area (Å²) in [5, 5.41) is 2.36. The second-order valence-corrected chi connectivity index (χ2v) is 5.33. The molecule has 1 aliphatic rings. The van der Waals surface area contributed by atoms with Crippen LogP contribution < -0.4 is 4.90 Å². The average molecular weight is 264 g/mol. The molecule has 4 rings (SSSR count). The first-order chi connectivity index (χ1) is 9.74. The first kappa shape index (κ1) is 11.4. The predicted octanol–water partition coefficient (Wildman–Crippen LogP) is 4.16. The van der Waals surface area contributed by atoms with Crippen molar-refractivity contribution >= 4 is 27.6 Å². The summed E-state index contributed by atoms with van der Waals surface area (Å²) in [5.74, 6) is 0. The number of nitrogens with zero attached hydrogens (tertiary/aromatic N) is 2. The molecule has 100 valence electrons. The first-order valence-corrected chi connectivity index (χ1v) is 6.80. The Morgan fingerprint density at radius 2 is 1.80 bits per heavy atom. The number of benzene rings is 2. The van der Waals surface area contributed by atoms with E-state index in [0.29, 0.717) is 0 Å². The van der Waals surface area contributed by atoms with Gasteiger partial charge in [0.05, 0.1) is 12.4 Å². The maximum absolute atomic E-state index is 6.08. The highest BCUT2D eigenvalue weighted by molar-refractivity contribution is 6.09. The van der Waals surface area contributed by atoms with Crippen molar-refractivity contribution in [2.45, 2.75) is 6.92 Å². The summed E-state index contributed by atoms with van der Waals surface area (Å²) in [5.41, 5.74) is 4.30. The van der Waals surface area contributed by atoms with Crippen LogP contribution >= 0.6 is 0 Å². The highest BCUT2D eigenvalue weighted by Crippen LogP contribution is 2.36. The molecule has 3 nitrogen and oxygen atoms in total. The van der Waals surface area contributed by atoms with Crippen LogP contribution in [0.15, 0.2) is 58.8 Å². The molecule has 0 aliphatic carbocycles. The zero-order valence-corrected chi connectivity index (χ0v) is 11.6. The molecule has 0 spiro atoms. The lowest BCUT2D eigenvalue weighted by atomic mass is 10.1. The van der Waals surface area contributed by atoms with Gasteiger partial charge in [-0.05, 0) is 19.1 Å². The summed E-state index contributed by atoms with van der Waals surface area (Å²) >= 11 is 0. The molecule has 3 aromatic rings. The van der Waals surface area contributed by atoms with Gasteiger partial charge in [0.2, 0.25) is 0 Å². The Morgan fingerprint density at radius 3 is 2.60 bits per heavy atom. The summed E-state index contributed by atoms with van der Waals surface area (Å²) in [6.45, 7) is 2.99. The number of allylic oxidation sites excluding steroid dienone is 1. The molecule has 2 aromatic carbocycles. The highest BCUT2D eigenvalue weighted by atomic mass is 16.3. The molecule has 0 N–H and O–H groups in total. The van der Waals surface area contributed by atoms with E-state index >= 15 is 0 Å². The van der Waals surface area contributed by atoms with Gasteiger partial charge in [0.25, 0.3) is 0 Å². The van der Waals surface area contributed by atoms with E-state index in [1.54, 1.807) is 0 Å². The Labute approximate surface area is 117 Å². The van der Waals surface area contributed by atoms with Gasteiger partial charge in [0.15, 0.2) is 5.58 Å². The Morgan fingerprint density at radius 1 is 1.00 bits per heavy atom. The van der Waals surface area contributed by atoms with E-state index < -0.39 is 0 Å². The third kappa shape index (κ3) is 1.53. The van der Waals surface area contributed by atoms with Crippen LogP contribution in [0.3, 0.4) is 0 Å². The number of hydrogen-bond acceptors (Lipinski definition) is 3. The van der Waals surface area contributed by atoms with Gasteiger partial charge in [0.1, 0.15) is 5.58 Å². The van der Waals surface area contributed by atoms with Gasteiger partial charge in [-0.25, -0.2) is 0 Å². The van der Waals surface area contributed by atoms with Crippen LogP contribution in [0.1, 0.15) is 6.92 Å². The SMILES string of the molecule is CC1=CN(c2cccc3c2oc2ccccc23)CN1C. The van der Waals surface area contributed by atoms with Gasteiger partial charge in [0, 0.05) is 29.7 Å².